The van der Waals surface area contributed by atoms with E-state index in [1.165, 1.54) is 24.4 Å². The summed E-state index contributed by atoms with van der Waals surface area (Å²) < 4.78 is 34.7. The molecule has 0 fully saturated rings. The maximum absolute atomic E-state index is 14.4. The van der Waals surface area contributed by atoms with Crippen molar-refractivity contribution in [3.8, 4) is 17.0 Å². The van der Waals surface area contributed by atoms with Crippen molar-refractivity contribution in [2.45, 2.75) is 19.8 Å². The Hall–Kier alpha value is -3.81. The van der Waals surface area contributed by atoms with E-state index in [0.717, 1.165) is 0 Å². The van der Waals surface area contributed by atoms with Gasteiger partial charge in [-0.1, -0.05) is 0 Å². The average Bonchev–Trinajstić information content (AvgIpc) is 3.36. The zero-order chi connectivity index (χ0) is 21.1. The number of nitrogens with zero attached hydrogens (tertiary/aromatic N) is 3. The Balaban J connectivity index is 1.36. The number of hydrogen-bond acceptors (Lipinski definition) is 4. The smallest absolute Gasteiger partial charge is 0.224 e. The predicted octanol–water partition coefficient (Wildman–Crippen LogP) is 4.69. The Morgan fingerprint density at radius 2 is 1.93 bits per heavy atom. The molecule has 0 aliphatic heterocycles. The number of anilines is 1. The van der Waals surface area contributed by atoms with Gasteiger partial charge in [0.05, 0.1) is 11.9 Å². The largest absolute Gasteiger partial charge is 0.441 e. The molecule has 1 amide bonds. The second kappa shape index (κ2) is 8.28. The quantitative estimate of drug-likeness (QED) is 0.503. The number of carbonyl (C=O) groups excluding carboxylic acids is 1. The van der Waals surface area contributed by atoms with E-state index in [0.29, 0.717) is 34.4 Å². The highest BCUT2D eigenvalue weighted by atomic mass is 19.1. The SMILES string of the molecule is Cc1nccn1-c1ccc(NC(=O)CCc2ncc(-c3ccc(F)cc3)o2)cc1F. The third kappa shape index (κ3) is 4.27. The minimum atomic E-state index is -0.467. The van der Waals surface area contributed by atoms with Gasteiger partial charge in [-0.3, -0.25) is 4.79 Å². The highest BCUT2D eigenvalue weighted by molar-refractivity contribution is 5.90. The third-order valence-electron chi connectivity index (χ3n) is 4.56. The van der Waals surface area contributed by atoms with Crippen LogP contribution >= 0.6 is 0 Å². The molecule has 0 bridgehead atoms. The molecule has 1 N–H and O–H groups in total. The maximum Gasteiger partial charge on any atom is 0.224 e. The van der Waals surface area contributed by atoms with Crippen LogP contribution in [0.1, 0.15) is 18.1 Å². The van der Waals surface area contributed by atoms with Crippen molar-refractivity contribution < 1.29 is 18.0 Å². The fraction of sp³-hybridized carbons (Fsp3) is 0.136. The zero-order valence-electron chi connectivity index (χ0n) is 16.1. The molecule has 0 atom stereocenters. The van der Waals surface area contributed by atoms with Gasteiger partial charge in [0.1, 0.15) is 17.5 Å². The fourth-order valence-corrected chi connectivity index (χ4v) is 3.03. The van der Waals surface area contributed by atoms with Crippen molar-refractivity contribution in [3.63, 3.8) is 0 Å². The van der Waals surface area contributed by atoms with Crippen LogP contribution in [0.25, 0.3) is 17.0 Å². The Kier molecular flexibility index (Phi) is 5.38. The molecular formula is C22H18F2N4O2. The van der Waals surface area contributed by atoms with Crippen molar-refractivity contribution >= 4 is 11.6 Å². The number of halogens is 2. The average molecular weight is 408 g/mol. The molecule has 0 aliphatic rings. The number of oxazole rings is 1. The first-order valence-corrected chi connectivity index (χ1v) is 9.30. The van der Waals surface area contributed by atoms with Gasteiger partial charge in [-0.15, -0.1) is 0 Å². The number of hydrogen-bond donors (Lipinski definition) is 1. The van der Waals surface area contributed by atoms with E-state index in [4.69, 9.17) is 4.42 Å². The molecule has 4 rings (SSSR count). The lowest BCUT2D eigenvalue weighted by atomic mass is 10.2. The maximum atomic E-state index is 14.4. The highest BCUT2D eigenvalue weighted by Crippen LogP contribution is 2.22. The van der Waals surface area contributed by atoms with Gasteiger partial charge in [0.15, 0.2) is 11.7 Å². The van der Waals surface area contributed by atoms with Gasteiger partial charge in [0.2, 0.25) is 5.91 Å². The lowest BCUT2D eigenvalue weighted by Crippen LogP contribution is -2.13. The standard InChI is InChI=1S/C22H18F2N4O2/c1-14-25-10-11-28(14)19-7-6-17(12-18(19)24)27-21(29)8-9-22-26-13-20(30-22)15-2-4-16(23)5-3-15/h2-7,10-13H,8-9H2,1H3,(H,27,29). The molecule has 6 nitrogen and oxygen atoms in total. The molecular weight excluding hydrogens is 390 g/mol. The van der Waals surface area contributed by atoms with E-state index in [1.807, 2.05) is 0 Å². The summed E-state index contributed by atoms with van der Waals surface area (Å²) in [5, 5.41) is 2.67. The summed E-state index contributed by atoms with van der Waals surface area (Å²) in [6, 6.07) is 10.3. The van der Waals surface area contributed by atoms with Gasteiger partial charge in [-0.05, 0) is 49.4 Å². The Bertz CT molecular complexity index is 1180. The molecule has 0 saturated carbocycles. The van der Waals surface area contributed by atoms with Gasteiger partial charge in [0, 0.05) is 36.5 Å². The van der Waals surface area contributed by atoms with Crippen molar-refractivity contribution in [2.75, 3.05) is 5.32 Å². The topological polar surface area (TPSA) is 73.0 Å². The Morgan fingerprint density at radius 3 is 2.63 bits per heavy atom. The molecule has 0 spiro atoms. The molecule has 0 saturated heterocycles. The molecule has 0 aliphatic carbocycles. The van der Waals surface area contributed by atoms with E-state index >= 15 is 0 Å². The van der Waals surface area contributed by atoms with Gasteiger partial charge in [-0.2, -0.15) is 0 Å². The third-order valence-corrected chi connectivity index (χ3v) is 4.56. The number of carbonyl (C=O) groups is 1. The first-order chi connectivity index (χ1) is 14.5. The first kappa shape index (κ1) is 19.5. The van der Waals surface area contributed by atoms with E-state index < -0.39 is 5.82 Å². The summed E-state index contributed by atoms with van der Waals surface area (Å²) in [4.78, 5) is 20.4. The van der Waals surface area contributed by atoms with Gasteiger partial charge in [0.25, 0.3) is 0 Å². The summed E-state index contributed by atoms with van der Waals surface area (Å²) in [5.41, 5.74) is 1.41. The highest BCUT2D eigenvalue weighted by Gasteiger charge is 2.12. The van der Waals surface area contributed by atoms with Crippen molar-refractivity contribution in [1.29, 1.82) is 0 Å². The molecule has 4 aromatic rings. The van der Waals surface area contributed by atoms with Gasteiger partial charge in [-0.25, -0.2) is 18.7 Å². The van der Waals surface area contributed by atoms with Crippen LogP contribution < -0.4 is 5.32 Å². The molecule has 2 heterocycles. The van der Waals surface area contributed by atoms with E-state index in [9.17, 15) is 13.6 Å². The summed E-state index contributed by atoms with van der Waals surface area (Å²) in [7, 11) is 0. The van der Waals surface area contributed by atoms with Crippen LogP contribution in [-0.2, 0) is 11.2 Å². The van der Waals surface area contributed by atoms with Crippen LogP contribution in [0, 0.1) is 18.6 Å². The van der Waals surface area contributed by atoms with Crippen LogP contribution in [0.5, 0.6) is 0 Å². The predicted molar refractivity (Wildman–Crippen MR) is 107 cm³/mol. The lowest BCUT2D eigenvalue weighted by molar-refractivity contribution is -0.116. The fourth-order valence-electron chi connectivity index (χ4n) is 3.03. The number of imidazole rings is 1. The summed E-state index contributed by atoms with van der Waals surface area (Å²) >= 11 is 0. The van der Waals surface area contributed by atoms with Crippen molar-refractivity contribution in [1.82, 2.24) is 14.5 Å². The van der Waals surface area contributed by atoms with Crippen LogP contribution in [-0.4, -0.2) is 20.4 Å². The Labute approximate surface area is 171 Å². The zero-order valence-corrected chi connectivity index (χ0v) is 16.1. The van der Waals surface area contributed by atoms with E-state index in [1.54, 1.807) is 48.1 Å². The molecule has 2 aromatic carbocycles. The molecule has 0 radical (unpaired) electrons. The number of benzene rings is 2. The second-order valence-electron chi connectivity index (χ2n) is 6.68. The molecule has 2 aromatic heterocycles. The van der Waals surface area contributed by atoms with Gasteiger partial charge < -0.3 is 14.3 Å². The summed E-state index contributed by atoms with van der Waals surface area (Å²) in [6.45, 7) is 1.78. The summed E-state index contributed by atoms with van der Waals surface area (Å²) in [6.07, 6.45) is 5.19. The number of aromatic nitrogens is 3. The molecule has 152 valence electrons. The van der Waals surface area contributed by atoms with Crippen molar-refractivity contribution in [2.24, 2.45) is 0 Å². The second-order valence-corrected chi connectivity index (χ2v) is 6.68. The molecule has 30 heavy (non-hydrogen) atoms. The lowest BCUT2D eigenvalue weighted by Gasteiger charge is -2.09. The van der Waals surface area contributed by atoms with Crippen LogP contribution in [0.4, 0.5) is 14.5 Å². The van der Waals surface area contributed by atoms with Crippen LogP contribution in [0.3, 0.4) is 0 Å². The molecule has 8 heteroatoms. The number of amides is 1. The molecule has 0 unspecified atom stereocenters. The minimum absolute atomic E-state index is 0.118. The monoisotopic (exact) mass is 408 g/mol. The van der Waals surface area contributed by atoms with Crippen molar-refractivity contribution in [3.05, 3.63) is 84.4 Å². The first-order valence-electron chi connectivity index (χ1n) is 9.30. The van der Waals surface area contributed by atoms with E-state index in [2.05, 4.69) is 15.3 Å². The van der Waals surface area contributed by atoms with Gasteiger partial charge >= 0.3 is 0 Å². The van der Waals surface area contributed by atoms with E-state index in [-0.39, 0.29) is 24.6 Å². The minimum Gasteiger partial charge on any atom is -0.441 e. The Morgan fingerprint density at radius 1 is 1.13 bits per heavy atom. The normalized spacial score (nSPS) is 10.9. The van der Waals surface area contributed by atoms with Crippen LogP contribution in [0.2, 0.25) is 0 Å². The number of rotatable bonds is 6. The number of aryl methyl sites for hydroxylation is 2. The summed E-state index contributed by atoms with van der Waals surface area (Å²) in [5.74, 6) is 0.462. The van der Waals surface area contributed by atoms with Crippen LogP contribution in [0.15, 0.2) is 65.5 Å². The number of nitrogens with one attached hydrogen (secondary N) is 1.